The van der Waals surface area contributed by atoms with Gasteiger partial charge in [-0.25, -0.2) is 0 Å². The van der Waals surface area contributed by atoms with Crippen molar-refractivity contribution < 1.29 is 9.47 Å². The molecule has 0 saturated carbocycles. The van der Waals surface area contributed by atoms with Crippen LogP contribution in [0.3, 0.4) is 0 Å². The SMILES string of the molecule is COc1cc2cc(C(C)N)c(=O)n(C)c2cc1OC. The van der Waals surface area contributed by atoms with Crippen molar-refractivity contribution in [2.75, 3.05) is 14.2 Å². The molecule has 0 amide bonds. The molecule has 102 valence electrons. The first-order valence-electron chi connectivity index (χ1n) is 6.00. The van der Waals surface area contributed by atoms with Crippen molar-refractivity contribution in [1.29, 1.82) is 0 Å². The van der Waals surface area contributed by atoms with Crippen LogP contribution < -0.4 is 20.8 Å². The third-order valence-electron chi connectivity index (χ3n) is 3.25. The van der Waals surface area contributed by atoms with Crippen LogP contribution in [0.15, 0.2) is 23.0 Å². The molecule has 19 heavy (non-hydrogen) atoms. The molecule has 0 bridgehead atoms. The van der Waals surface area contributed by atoms with E-state index in [0.29, 0.717) is 17.1 Å². The van der Waals surface area contributed by atoms with Crippen molar-refractivity contribution in [1.82, 2.24) is 4.57 Å². The molecule has 0 aliphatic rings. The summed E-state index contributed by atoms with van der Waals surface area (Å²) in [5, 5.41) is 0.895. The molecule has 2 N–H and O–H groups in total. The van der Waals surface area contributed by atoms with Gasteiger partial charge < -0.3 is 19.8 Å². The molecule has 0 radical (unpaired) electrons. The Hall–Kier alpha value is -2.01. The number of aryl methyl sites for hydroxylation is 1. The van der Waals surface area contributed by atoms with E-state index in [0.717, 1.165) is 10.9 Å². The second-order valence-electron chi connectivity index (χ2n) is 4.52. The van der Waals surface area contributed by atoms with Crippen LogP contribution in [-0.4, -0.2) is 18.8 Å². The van der Waals surface area contributed by atoms with Crippen molar-refractivity contribution in [3.8, 4) is 11.5 Å². The Balaban J connectivity index is 2.85. The highest BCUT2D eigenvalue weighted by Gasteiger charge is 2.13. The van der Waals surface area contributed by atoms with Gasteiger partial charge in [-0.3, -0.25) is 4.79 Å². The molecular weight excluding hydrogens is 244 g/mol. The molecule has 5 heteroatoms. The molecule has 0 aliphatic heterocycles. The first kappa shape index (κ1) is 13.4. The number of nitrogens with zero attached hydrogens (tertiary/aromatic N) is 1. The Kier molecular flexibility index (Phi) is 3.48. The normalized spacial score (nSPS) is 12.5. The maximum absolute atomic E-state index is 12.2. The Morgan fingerprint density at radius 2 is 1.74 bits per heavy atom. The molecule has 2 aromatic rings. The summed E-state index contributed by atoms with van der Waals surface area (Å²) in [4.78, 5) is 12.2. The number of nitrogens with two attached hydrogens (primary N) is 1. The number of pyridine rings is 1. The number of hydrogen-bond acceptors (Lipinski definition) is 4. The number of aromatic nitrogens is 1. The van der Waals surface area contributed by atoms with E-state index >= 15 is 0 Å². The molecule has 0 fully saturated rings. The highest BCUT2D eigenvalue weighted by molar-refractivity contribution is 5.83. The van der Waals surface area contributed by atoms with Crippen LogP contribution in [0.25, 0.3) is 10.9 Å². The largest absolute Gasteiger partial charge is 0.493 e. The van der Waals surface area contributed by atoms with Gasteiger partial charge in [0.1, 0.15) is 0 Å². The fraction of sp³-hybridized carbons (Fsp3) is 0.357. The van der Waals surface area contributed by atoms with E-state index in [-0.39, 0.29) is 11.6 Å². The molecule has 0 spiro atoms. The summed E-state index contributed by atoms with van der Waals surface area (Å²) in [7, 11) is 4.87. The van der Waals surface area contributed by atoms with Crippen LogP contribution in [0.1, 0.15) is 18.5 Å². The van der Waals surface area contributed by atoms with E-state index in [1.807, 2.05) is 12.1 Å². The van der Waals surface area contributed by atoms with Gasteiger partial charge in [-0.05, 0) is 19.1 Å². The lowest BCUT2D eigenvalue weighted by molar-refractivity contribution is 0.355. The molecule has 0 aliphatic carbocycles. The van der Waals surface area contributed by atoms with Crippen LogP contribution in [0, 0.1) is 0 Å². The Morgan fingerprint density at radius 3 is 2.26 bits per heavy atom. The predicted octanol–water partition coefficient (Wildman–Crippen LogP) is 1.58. The second-order valence-corrected chi connectivity index (χ2v) is 4.52. The van der Waals surface area contributed by atoms with Crippen LogP contribution in [0.4, 0.5) is 0 Å². The quantitative estimate of drug-likeness (QED) is 0.912. The van der Waals surface area contributed by atoms with Gasteiger partial charge >= 0.3 is 0 Å². The summed E-state index contributed by atoms with van der Waals surface area (Å²) in [5.74, 6) is 1.22. The minimum absolute atomic E-state index is 0.0882. The minimum atomic E-state index is -0.309. The topological polar surface area (TPSA) is 66.5 Å². The van der Waals surface area contributed by atoms with Crippen molar-refractivity contribution in [2.45, 2.75) is 13.0 Å². The van der Waals surface area contributed by atoms with Gasteiger partial charge in [0.2, 0.25) is 0 Å². The maximum atomic E-state index is 12.2. The molecule has 1 heterocycles. The summed E-state index contributed by atoms with van der Waals surface area (Å²) in [6.45, 7) is 1.79. The smallest absolute Gasteiger partial charge is 0.255 e. The standard InChI is InChI=1S/C14H18N2O3/c1-8(15)10-5-9-6-12(18-3)13(19-4)7-11(9)16(2)14(10)17/h5-8H,15H2,1-4H3. The molecule has 2 rings (SSSR count). The zero-order valence-electron chi connectivity index (χ0n) is 11.6. The number of benzene rings is 1. The van der Waals surface area contributed by atoms with Crippen molar-refractivity contribution in [2.24, 2.45) is 12.8 Å². The van der Waals surface area contributed by atoms with Gasteiger partial charge in [0.25, 0.3) is 5.56 Å². The summed E-state index contributed by atoms with van der Waals surface area (Å²) >= 11 is 0. The lowest BCUT2D eigenvalue weighted by Crippen LogP contribution is -2.25. The predicted molar refractivity (Wildman–Crippen MR) is 74.9 cm³/mol. The van der Waals surface area contributed by atoms with Crippen LogP contribution in [0.5, 0.6) is 11.5 Å². The van der Waals surface area contributed by atoms with Gasteiger partial charge in [0, 0.05) is 30.1 Å². The average Bonchev–Trinajstić information content (AvgIpc) is 2.41. The lowest BCUT2D eigenvalue weighted by Gasteiger charge is -2.14. The van der Waals surface area contributed by atoms with Gasteiger partial charge in [0.05, 0.1) is 19.7 Å². The molecule has 1 aromatic carbocycles. The zero-order chi connectivity index (χ0) is 14.2. The van der Waals surface area contributed by atoms with Crippen LogP contribution in [-0.2, 0) is 7.05 Å². The van der Waals surface area contributed by atoms with E-state index in [4.69, 9.17) is 15.2 Å². The summed E-state index contributed by atoms with van der Waals surface area (Å²) < 4.78 is 12.1. The number of hydrogen-bond donors (Lipinski definition) is 1. The number of fused-ring (bicyclic) bond motifs is 1. The lowest BCUT2D eigenvalue weighted by atomic mass is 10.1. The summed E-state index contributed by atoms with van der Waals surface area (Å²) in [6.07, 6.45) is 0. The minimum Gasteiger partial charge on any atom is -0.493 e. The van der Waals surface area contributed by atoms with Crippen molar-refractivity contribution in [3.63, 3.8) is 0 Å². The van der Waals surface area contributed by atoms with E-state index in [1.54, 1.807) is 38.8 Å². The van der Waals surface area contributed by atoms with Gasteiger partial charge in [-0.1, -0.05) is 0 Å². The zero-order valence-corrected chi connectivity index (χ0v) is 11.6. The fourth-order valence-corrected chi connectivity index (χ4v) is 2.15. The average molecular weight is 262 g/mol. The molecule has 1 atom stereocenters. The summed E-state index contributed by atoms with van der Waals surface area (Å²) in [6, 6.07) is 5.14. The number of ether oxygens (including phenoxy) is 2. The third-order valence-corrected chi connectivity index (χ3v) is 3.25. The van der Waals surface area contributed by atoms with E-state index < -0.39 is 0 Å². The molecule has 1 aromatic heterocycles. The molecule has 5 nitrogen and oxygen atoms in total. The number of rotatable bonds is 3. The monoisotopic (exact) mass is 262 g/mol. The van der Waals surface area contributed by atoms with E-state index in [1.165, 1.54) is 0 Å². The van der Waals surface area contributed by atoms with E-state index in [2.05, 4.69) is 0 Å². The van der Waals surface area contributed by atoms with E-state index in [9.17, 15) is 4.79 Å². The summed E-state index contributed by atoms with van der Waals surface area (Å²) in [5.41, 5.74) is 7.11. The fourth-order valence-electron chi connectivity index (χ4n) is 2.15. The molecule has 1 unspecified atom stereocenters. The third kappa shape index (κ3) is 2.17. The maximum Gasteiger partial charge on any atom is 0.255 e. The van der Waals surface area contributed by atoms with Gasteiger partial charge in [-0.15, -0.1) is 0 Å². The van der Waals surface area contributed by atoms with Crippen molar-refractivity contribution >= 4 is 10.9 Å². The van der Waals surface area contributed by atoms with Crippen LogP contribution >= 0.6 is 0 Å². The first-order valence-corrected chi connectivity index (χ1v) is 6.00. The first-order chi connectivity index (χ1) is 8.99. The highest BCUT2D eigenvalue weighted by atomic mass is 16.5. The Labute approximate surface area is 111 Å². The van der Waals surface area contributed by atoms with Crippen LogP contribution in [0.2, 0.25) is 0 Å². The molecular formula is C14H18N2O3. The Bertz CT molecular complexity index is 674. The molecule has 0 saturated heterocycles. The van der Waals surface area contributed by atoms with Gasteiger partial charge in [0.15, 0.2) is 11.5 Å². The van der Waals surface area contributed by atoms with Gasteiger partial charge in [-0.2, -0.15) is 0 Å². The Morgan fingerprint density at radius 1 is 1.16 bits per heavy atom. The number of methoxy groups -OCH3 is 2. The highest BCUT2D eigenvalue weighted by Crippen LogP contribution is 2.31. The second kappa shape index (κ2) is 4.93. The van der Waals surface area contributed by atoms with Crippen molar-refractivity contribution in [3.05, 3.63) is 34.1 Å².